The summed E-state index contributed by atoms with van der Waals surface area (Å²) in [4.78, 5) is 45.6. The summed E-state index contributed by atoms with van der Waals surface area (Å²) in [5.41, 5.74) is 1.07. The Kier molecular flexibility index (Phi) is 5.07. The second-order valence-electron chi connectivity index (χ2n) is 7.39. The largest absolute Gasteiger partial charge is 0.454 e. The number of hydrogen-bond acceptors (Lipinski definition) is 5. The molecule has 1 aromatic heterocycles. The number of halogens is 1. The summed E-state index contributed by atoms with van der Waals surface area (Å²) in [5, 5.41) is 0.446. The van der Waals surface area contributed by atoms with E-state index >= 15 is 0 Å². The van der Waals surface area contributed by atoms with Crippen LogP contribution in [0, 0.1) is 18.7 Å². The number of nitrogens with one attached hydrogen (secondary N) is 1. The Morgan fingerprint density at radius 3 is 2.80 bits per heavy atom. The predicted molar refractivity (Wildman–Crippen MR) is 108 cm³/mol. The van der Waals surface area contributed by atoms with Gasteiger partial charge < -0.3 is 14.6 Å². The molecule has 154 valence electrons. The van der Waals surface area contributed by atoms with E-state index in [-0.39, 0.29) is 30.3 Å². The minimum atomic E-state index is -0.796. The van der Waals surface area contributed by atoms with Crippen LogP contribution in [0.15, 0.2) is 47.3 Å². The number of amides is 1. The molecule has 1 fully saturated rings. The van der Waals surface area contributed by atoms with Crippen molar-refractivity contribution in [3.05, 3.63) is 70.0 Å². The van der Waals surface area contributed by atoms with E-state index in [1.54, 1.807) is 50.2 Å². The first kappa shape index (κ1) is 19.8. The Hall–Kier alpha value is -3.55. The van der Waals surface area contributed by atoms with Crippen molar-refractivity contribution >= 4 is 28.5 Å². The minimum Gasteiger partial charge on any atom is -0.454 e. The number of para-hydroxylation sites is 1. The number of anilines is 1. The Bertz CT molecular complexity index is 1210. The summed E-state index contributed by atoms with van der Waals surface area (Å²) >= 11 is 0. The molecule has 1 N–H and O–H groups in total. The summed E-state index contributed by atoms with van der Waals surface area (Å²) < 4.78 is 19.3. The van der Waals surface area contributed by atoms with E-state index in [9.17, 15) is 18.8 Å². The van der Waals surface area contributed by atoms with Crippen molar-refractivity contribution in [2.75, 3.05) is 11.4 Å². The summed E-state index contributed by atoms with van der Waals surface area (Å²) in [6.07, 6.45) is -0.821. The molecule has 8 heteroatoms. The number of rotatable bonds is 4. The number of nitrogens with zero attached hydrogens (tertiary/aromatic N) is 2. The lowest BCUT2D eigenvalue weighted by Crippen LogP contribution is -2.27. The van der Waals surface area contributed by atoms with E-state index in [0.29, 0.717) is 22.2 Å². The van der Waals surface area contributed by atoms with Crippen molar-refractivity contribution in [3.63, 3.8) is 0 Å². The molecule has 2 unspecified atom stereocenters. The molecule has 0 saturated carbocycles. The van der Waals surface area contributed by atoms with Crippen molar-refractivity contribution in [1.29, 1.82) is 0 Å². The summed E-state index contributed by atoms with van der Waals surface area (Å²) in [6, 6.07) is 11.4. The number of hydrogen-bond donors (Lipinski definition) is 1. The maximum Gasteiger partial charge on any atom is 0.311 e. The van der Waals surface area contributed by atoms with Crippen LogP contribution in [-0.2, 0) is 14.3 Å². The molecule has 0 spiro atoms. The van der Waals surface area contributed by atoms with Gasteiger partial charge in [0, 0.05) is 18.7 Å². The molecular formula is C22H20FN3O4. The highest BCUT2D eigenvalue weighted by Gasteiger charge is 2.37. The predicted octanol–water partition coefficient (Wildman–Crippen LogP) is 3.03. The van der Waals surface area contributed by atoms with Crippen LogP contribution in [0.2, 0.25) is 0 Å². The molecule has 30 heavy (non-hydrogen) atoms. The van der Waals surface area contributed by atoms with Crippen LogP contribution in [0.25, 0.3) is 10.9 Å². The Labute approximate surface area is 171 Å². The van der Waals surface area contributed by atoms with Gasteiger partial charge in [0.1, 0.15) is 5.82 Å². The van der Waals surface area contributed by atoms with Gasteiger partial charge in [-0.25, -0.2) is 9.37 Å². The normalized spacial score (nSPS) is 17.4. The highest BCUT2D eigenvalue weighted by Crippen LogP contribution is 2.28. The van der Waals surface area contributed by atoms with Crippen LogP contribution in [0.3, 0.4) is 0 Å². The first-order chi connectivity index (χ1) is 14.3. The number of aromatic nitrogens is 2. The smallest absolute Gasteiger partial charge is 0.311 e. The summed E-state index contributed by atoms with van der Waals surface area (Å²) in [6.45, 7) is 3.35. The molecule has 1 saturated heterocycles. The topological polar surface area (TPSA) is 92.4 Å². The number of carbonyl (C=O) groups excluding carboxylic acids is 2. The third-order valence-corrected chi connectivity index (χ3v) is 5.23. The fraction of sp³-hybridized carbons (Fsp3) is 0.273. The maximum absolute atomic E-state index is 13.9. The molecule has 0 aliphatic carbocycles. The van der Waals surface area contributed by atoms with Crippen LogP contribution in [0.4, 0.5) is 10.1 Å². The number of fused-ring (bicyclic) bond motifs is 1. The third-order valence-electron chi connectivity index (χ3n) is 5.23. The molecule has 2 aromatic carbocycles. The molecule has 3 aromatic rings. The third kappa shape index (κ3) is 3.68. The van der Waals surface area contributed by atoms with Gasteiger partial charge in [-0.15, -0.1) is 0 Å². The van der Waals surface area contributed by atoms with E-state index < -0.39 is 23.8 Å². The second kappa shape index (κ2) is 7.70. The number of benzene rings is 2. The van der Waals surface area contributed by atoms with Crippen LogP contribution >= 0.6 is 0 Å². The van der Waals surface area contributed by atoms with E-state index in [0.717, 1.165) is 0 Å². The number of carbonyl (C=O) groups is 2. The zero-order valence-corrected chi connectivity index (χ0v) is 16.5. The lowest BCUT2D eigenvalue weighted by Gasteiger charge is -2.18. The van der Waals surface area contributed by atoms with Crippen LogP contribution < -0.4 is 10.5 Å². The molecule has 7 nitrogen and oxygen atoms in total. The summed E-state index contributed by atoms with van der Waals surface area (Å²) in [7, 11) is 0. The van der Waals surface area contributed by atoms with Gasteiger partial charge in [-0.3, -0.25) is 14.4 Å². The van der Waals surface area contributed by atoms with Crippen molar-refractivity contribution in [1.82, 2.24) is 9.97 Å². The van der Waals surface area contributed by atoms with E-state index in [1.807, 2.05) is 0 Å². The highest BCUT2D eigenvalue weighted by atomic mass is 19.1. The van der Waals surface area contributed by atoms with Gasteiger partial charge in [0.15, 0.2) is 11.9 Å². The fourth-order valence-corrected chi connectivity index (χ4v) is 3.49. The number of aromatic amines is 1. The first-order valence-electron chi connectivity index (χ1n) is 9.59. The zero-order valence-electron chi connectivity index (χ0n) is 16.5. The minimum absolute atomic E-state index is 0.0251. The number of H-pyrrole nitrogens is 1. The van der Waals surface area contributed by atoms with Gasteiger partial charge in [-0.05, 0) is 43.7 Å². The first-order valence-corrected chi connectivity index (χ1v) is 9.59. The average Bonchev–Trinajstić information content (AvgIpc) is 3.12. The molecular weight excluding hydrogens is 389 g/mol. The quantitative estimate of drug-likeness (QED) is 0.669. The molecule has 0 radical (unpaired) electrons. The second-order valence-corrected chi connectivity index (χ2v) is 7.39. The molecule has 2 atom stereocenters. The monoisotopic (exact) mass is 409 g/mol. The Morgan fingerprint density at radius 2 is 2.03 bits per heavy atom. The molecule has 2 heterocycles. The average molecular weight is 409 g/mol. The van der Waals surface area contributed by atoms with Crippen LogP contribution in [-0.4, -0.2) is 28.4 Å². The van der Waals surface area contributed by atoms with Gasteiger partial charge in [0.05, 0.1) is 16.8 Å². The SMILES string of the molecule is Cc1ccc(N2CC(C(=O)OC(C)c3nc4ccccc4c(=O)[nH]3)CC2=O)cc1F. The fourth-order valence-electron chi connectivity index (χ4n) is 3.49. The molecule has 0 bridgehead atoms. The van der Waals surface area contributed by atoms with Gasteiger partial charge in [0.25, 0.3) is 5.56 Å². The molecule has 1 amide bonds. The van der Waals surface area contributed by atoms with Crippen molar-refractivity contribution in [3.8, 4) is 0 Å². The van der Waals surface area contributed by atoms with E-state index in [4.69, 9.17) is 4.74 Å². The van der Waals surface area contributed by atoms with Gasteiger partial charge in [0.2, 0.25) is 5.91 Å². The van der Waals surface area contributed by atoms with E-state index in [1.165, 1.54) is 11.0 Å². The lowest BCUT2D eigenvalue weighted by molar-refractivity contribution is -0.153. The number of aryl methyl sites for hydroxylation is 1. The van der Waals surface area contributed by atoms with Crippen molar-refractivity contribution in [2.24, 2.45) is 5.92 Å². The Balaban J connectivity index is 1.48. The van der Waals surface area contributed by atoms with Gasteiger partial charge in [-0.1, -0.05) is 18.2 Å². The zero-order chi connectivity index (χ0) is 21.4. The maximum atomic E-state index is 13.9. The number of ether oxygens (including phenoxy) is 1. The van der Waals surface area contributed by atoms with Crippen molar-refractivity contribution in [2.45, 2.75) is 26.4 Å². The molecule has 1 aliphatic rings. The van der Waals surface area contributed by atoms with E-state index in [2.05, 4.69) is 9.97 Å². The number of esters is 1. The standard InChI is InChI=1S/C22H20FN3O4/c1-12-7-8-15(10-17(12)23)26-11-14(9-19(26)27)22(29)30-13(2)20-24-18-6-4-3-5-16(18)21(28)25-20/h3-8,10,13-14H,9,11H2,1-2H3,(H,24,25,28). The van der Waals surface area contributed by atoms with Crippen molar-refractivity contribution < 1.29 is 18.7 Å². The van der Waals surface area contributed by atoms with Crippen LogP contribution in [0.5, 0.6) is 0 Å². The summed E-state index contributed by atoms with van der Waals surface area (Å²) in [5.74, 6) is -1.71. The lowest BCUT2D eigenvalue weighted by atomic mass is 10.1. The highest BCUT2D eigenvalue weighted by molar-refractivity contribution is 5.99. The van der Waals surface area contributed by atoms with Crippen LogP contribution in [0.1, 0.15) is 30.8 Å². The Morgan fingerprint density at radius 1 is 1.27 bits per heavy atom. The van der Waals surface area contributed by atoms with Gasteiger partial charge in [-0.2, -0.15) is 0 Å². The van der Waals surface area contributed by atoms with Gasteiger partial charge >= 0.3 is 5.97 Å². The molecule has 1 aliphatic heterocycles. The molecule has 4 rings (SSSR count).